The predicted molar refractivity (Wildman–Crippen MR) is 32.9 cm³/mol. The number of halogens is 3. The molecule has 0 aromatic rings. The summed E-state index contributed by atoms with van der Waals surface area (Å²) in [5.41, 5.74) is -5.58. The van der Waals surface area contributed by atoms with Gasteiger partial charge < -0.3 is 0 Å². The summed E-state index contributed by atoms with van der Waals surface area (Å²) >= 11 is 0. The van der Waals surface area contributed by atoms with Gasteiger partial charge in [0.2, 0.25) is 10.0 Å². The van der Waals surface area contributed by atoms with E-state index in [2.05, 4.69) is 5.14 Å². The van der Waals surface area contributed by atoms with Crippen molar-refractivity contribution in [2.45, 2.75) is 5.51 Å². The molecule has 0 aliphatic heterocycles. The van der Waals surface area contributed by atoms with Crippen LogP contribution in [0.1, 0.15) is 0 Å². The highest BCUT2D eigenvalue weighted by Crippen LogP contribution is 2.24. The van der Waals surface area contributed by atoms with Gasteiger partial charge in [-0.25, -0.2) is 22.0 Å². The van der Waals surface area contributed by atoms with Gasteiger partial charge in [-0.3, -0.25) is 0 Å². The van der Waals surface area contributed by atoms with Gasteiger partial charge >= 0.3 is 5.51 Å². The third kappa shape index (κ3) is 3.36. The number of rotatable bonds is 2. The highest BCUT2D eigenvalue weighted by atomic mass is 32.3. The molecule has 0 unspecified atom stereocenters. The van der Waals surface area contributed by atoms with Crippen LogP contribution < -0.4 is 5.14 Å². The zero-order chi connectivity index (χ0) is 10.2. The molecular formula is C2H4F3NO4S2. The van der Waals surface area contributed by atoms with Gasteiger partial charge in [0.25, 0.3) is 9.84 Å². The van der Waals surface area contributed by atoms with Crippen molar-refractivity contribution in [2.24, 2.45) is 5.14 Å². The van der Waals surface area contributed by atoms with E-state index in [0.717, 1.165) is 0 Å². The Morgan fingerprint density at radius 2 is 1.42 bits per heavy atom. The van der Waals surface area contributed by atoms with E-state index >= 15 is 0 Å². The minimum absolute atomic E-state index is 2.12. The first kappa shape index (κ1) is 11.6. The summed E-state index contributed by atoms with van der Waals surface area (Å²) in [6.07, 6.45) is 0. The largest absolute Gasteiger partial charge is 0.498 e. The molecule has 0 amide bonds. The smallest absolute Gasteiger partial charge is 0.228 e. The van der Waals surface area contributed by atoms with Crippen LogP contribution in [0.15, 0.2) is 0 Å². The molecular weight excluding hydrogens is 223 g/mol. The Morgan fingerprint density at radius 3 is 1.50 bits per heavy atom. The normalized spacial score (nSPS) is 14.7. The van der Waals surface area contributed by atoms with E-state index < -0.39 is 30.5 Å². The Morgan fingerprint density at radius 1 is 1.08 bits per heavy atom. The average molecular weight is 227 g/mol. The molecule has 10 heteroatoms. The number of nitrogens with two attached hydrogens (primary N) is 1. The molecule has 0 bridgehead atoms. The standard InChI is InChI=1S/C2H4F3NO4S2/c3-2(4,5)11(7,8)1-12(6,9)10/h1H2,(H2,6,9,10). The monoisotopic (exact) mass is 227 g/mol. The first-order valence-corrected chi connectivity index (χ1v) is 5.62. The SMILES string of the molecule is NS(=O)(=O)CS(=O)(=O)C(F)(F)F. The Hall–Kier alpha value is -0.350. The summed E-state index contributed by atoms with van der Waals surface area (Å²) in [6.45, 7) is 0. The van der Waals surface area contributed by atoms with Gasteiger partial charge in [-0.2, -0.15) is 13.2 Å². The lowest BCUT2D eigenvalue weighted by atomic mass is 11.6. The maximum atomic E-state index is 11.5. The molecule has 0 atom stereocenters. The van der Waals surface area contributed by atoms with Crippen LogP contribution in [-0.4, -0.2) is 27.4 Å². The number of hydrogen-bond donors (Lipinski definition) is 1. The average Bonchev–Trinajstić information content (AvgIpc) is 1.52. The number of sulfone groups is 1. The molecule has 2 N–H and O–H groups in total. The third-order valence-electron chi connectivity index (χ3n) is 0.672. The van der Waals surface area contributed by atoms with E-state index in [4.69, 9.17) is 0 Å². The second-order valence-electron chi connectivity index (χ2n) is 1.84. The first-order chi connectivity index (χ1) is 4.96. The third-order valence-corrected chi connectivity index (χ3v) is 3.93. The fourth-order valence-corrected chi connectivity index (χ4v) is 2.55. The molecule has 0 aromatic carbocycles. The van der Waals surface area contributed by atoms with Crippen molar-refractivity contribution in [1.29, 1.82) is 0 Å². The van der Waals surface area contributed by atoms with Crippen molar-refractivity contribution in [2.75, 3.05) is 5.08 Å². The predicted octanol–water partition coefficient (Wildman–Crippen LogP) is -0.833. The molecule has 0 rings (SSSR count). The molecule has 0 saturated heterocycles. The van der Waals surface area contributed by atoms with Gasteiger partial charge in [-0.05, 0) is 0 Å². The highest BCUT2D eigenvalue weighted by Gasteiger charge is 2.47. The summed E-state index contributed by atoms with van der Waals surface area (Å²) in [5.74, 6) is 0. The summed E-state index contributed by atoms with van der Waals surface area (Å²) < 4.78 is 74.5. The molecule has 12 heavy (non-hydrogen) atoms. The van der Waals surface area contributed by atoms with Gasteiger partial charge in [0.05, 0.1) is 0 Å². The van der Waals surface area contributed by atoms with Gasteiger partial charge in [0, 0.05) is 0 Å². The molecule has 0 fully saturated rings. The minimum atomic E-state index is -5.67. The Balaban J connectivity index is 4.96. The van der Waals surface area contributed by atoms with Gasteiger partial charge in [0.15, 0.2) is 5.08 Å². The summed E-state index contributed by atoms with van der Waals surface area (Å²) in [4.78, 5) is 0. The number of hydrogen-bond acceptors (Lipinski definition) is 4. The van der Waals surface area contributed by atoms with Crippen LogP contribution in [0.25, 0.3) is 0 Å². The van der Waals surface area contributed by atoms with Crippen LogP contribution in [0.2, 0.25) is 0 Å². The van der Waals surface area contributed by atoms with E-state index in [1.54, 1.807) is 0 Å². The van der Waals surface area contributed by atoms with E-state index in [0.29, 0.717) is 0 Å². The summed E-state index contributed by atoms with van der Waals surface area (Å²) in [6, 6.07) is 0. The lowest BCUT2D eigenvalue weighted by Crippen LogP contribution is -2.32. The van der Waals surface area contributed by atoms with Crippen LogP contribution in [0.3, 0.4) is 0 Å². The lowest BCUT2D eigenvalue weighted by Gasteiger charge is -2.05. The summed E-state index contributed by atoms with van der Waals surface area (Å²) in [7, 11) is -10.3. The number of primary sulfonamides is 1. The second kappa shape index (κ2) is 2.85. The van der Waals surface area contributed by atoms with Crippen LogP contribution in [0, 0.1) is 0 Å². The zero-order valence-electron chi connectivity index (χ0n) is 5.37. The number of sulfonamides is 1. The van der Waals surface area contributed by atoms with E-state index in [1.165, 1.54) is 0 Å². The minimum Gasteiger partial charge on any atom is -0.228 e. The van der Waals surface area contributed by atoms with Crippen molar-refractivity contribution in [3.63, 3.8) is 0 Å². The van der Waals surface area contributed by atoms with Crippen molar-refractivity contribution < 1.29 is 30.0 Å². The molecule has 0 spiro atoms. The van der Waals surface area contributed by atoms with Gasteiger partial charge in [-0.15, -0.1) is 0 Å². The molecule has 0 aliphatic carbocycles. The fourth-order valence-electron chi connectivity index (χ4n) is 0.283. The molecule has 0 aliphatic rings. The van der Waals surface area contributed by atoms with Crippen molar-refractivity contribution >= 4 is 19.9 Å². The molecule has 74 valence electrons. The molecule has 0 radical (unpaired) electrons. The van der Waals surface area contributed by atoms with Gasteiger partial charge in [0.1, 0.15) is 0 Å². The lowest BCUT2D eigenvalue weighted by molar-refractivity contribution is -0.0431. The fraction of sp³-hybridized carbons (Fsp3) is 1.00. The van der Waals surface area contributed by atoms with Crippen molar-refractivity contribution in [3.8, 4) is 0 Å². The Labute approximate surface area is 66.3 Å². The van der Waals surface area contributed by atoms with Crippen LogP contribution >= 0.6 is 0 Å². The molecule has 0 aromatic heterocycles. The van der Waals surface area contributed by atoms with Crippen LogP contribution in [0.4, 0.5) is 13.2 Å². The molecule has 0 heterocycles. The maximum Gasteiger partial charge on any atom is 0.498 e. The second-order valence-corrected chi connectivity index (χ2v) is 5.80. The van der Waals surface area contributed by atoms with Crippen LogP contribution in [0.5, 0.6) is 0 Å². The highest BCUT2D eigenvalue weighted by molar-refractivity contribution is 8.07. The Bertz CT molecular complexity index is 350. The van der Waals surface area contributed by atoms with E-state index in [-0.39, 0.29) is 0 Å². The van der Waals surface area contributed by atoms with Crippen molar-refractivity contribution in [1.82, 2.24) is 0 Å². The topological polar surface area (TPSA) is 94.3 Å². The molecule has 0 saturated carbocycles. The maximum absolute atomic E-state index is 11.5. The van der Waals surface area contributed by atoms with Crippen molar-refractivity contribution in [3.05, 3.63) is 0 Å². The Kier molecular flexibility index (Phi) is 2.77. The van der Waals surface area contributed by atoms with Gasteiger partial charge in [-0.1, -0.05) is 0 Å². The van der Waals surface area contributed by atoms with E-state index in [1.807, 2.05) is 0 Å². The summed E-state index contributed by atoms with van der Waals surface area (Å²) in [5, 5.41) is 1.99. The quantitative estimate of drug-likeness (QED) is 0.665. The zero-order valence-corrected chi connectivity index (χ0v) is 7.00. The first-order valence-electron chi connectivity index (χ1n) is 2.25. The van der Waals surface area contributed by atoms with E-state index in [9.17, 15) is 30.0 Å². The number of alkyl halides is 3. The van der Waals surface area contributed by atoms with Crippen LogP contribution in [-0.2, 0) is 19.9 Å². The molecule has 5 nitrogen and oxygen atoms in total.